The zero-order valence-electron chi connectivity index (χ0n) is 12.8. The Kier molecular flexibility index (Phi) is 4.70. The van der Waals surface area contributed by atoms with E-state index >= 15 is 0 Å². The average Bonchev–Trinajstić information content (AvgIpc) is 2.91. The molecule has 1 amide bonds. The lowest BCUT2D eigenvalue weighted by molar-refractivity contribution is -0.115. The van der Waals surface area contributed by atoms with Crippen LogP contribution in [0.4, 0.5) is 5.00 Å². The van der Waals surface area contributed by atoms with E-state index in [1.54, 1.807) is 6.92 Å². The number of hydrogen-bond donors (Lipinski definition) is 1. The second-order valence-corrected chi connectivity index (χ2v) is 7.54. The first kappa shape index (κ1) is 16.0. The molecule has 0 radical (unpaired) electrons. The highest BCUT2D eigenvalue weighted by atomic mass is 35.5. The van der Waals surface area contributed by atoms with Crippen molar-refractivity contribution in [2.75, 3.05) is 5.32 Å². The van der Waals surface area contributed by atoms with Gasteiger partial charge in [-0.2, -0.15) is 5.26 Å². The van der Waals surface area contributed by atoms with Crippen LogP contribution >= 0.6 is 22.9 Å². The van der Waals surface area contributed by atoms with Gasteiger partial charge in [-0.3, -0.25) is 4.79 Å². The quantitative estimate of drug-likeness (QED) is 0.836. The molecule has 3 nitrogen and oxygen atoms in total. The molecule has 0 saturated carbocycles. The summed E-state index contributed by atoms with van der Waals surface area (Å²) in [6, 6.07) is 12.7. The zero-order valence-corrected chi connectivity index (χ0v) is 14.4. The summed E-state index contributed by atoms with van der Waals surface area (Å²) in [4.78, 5) is 13.0. The number of thiophene rings is 1. The van der Waals surface area contributed by atoms with Gasteiger partial charge in [0.25, 0.3) is 0 Å². The standard InChI is InChI=1S/C18H17ClN2OS/c1-11(19)17(22)21-18-15(10-20)14-8-7-13(9-16(14)23-18)12-5-3-2-4-6-12/h2-6,11,13H,7-9H2,1H3,(H,21,22)/t11-,13+/m1/s1. The average molecular weight is 345 g/mol. The summed E-state index contributed by atoms with van der Waals surface area (Å²) >= 11 is 7.33. The lowest BCUT2D eigenvalue weighted by Gasteiger charge is -2.22. The van der Waals surface area contributed by atoms with Crippen LogP contribution in [0, 0.1) is 11.3 Å². The molecule has 1 aromatic carbocycles. The van der Waals surface area contributed by atoms with Gasteiger partial charge >= 0.3 is 0 Å². The summed E-state index contributed by atoms with van der Waals surface area (Å²) in [5, 5.41) is 12.3. The van der Waals surface area contributed by atoms with Gasteiger partial charge in [-0.25, -0.2) is 0 Å². The number of nitriles is 1. The monoisotopic (exact) mass is 344 g/mol. The van der Waals surface area contributed by atoms with Crippen molar-refractivity contribution in [1.82, 2.24) is 0 Å². The maximum Gasteiger partial charge on any atom is 0.242 e. The van der Waals surface area contributed by atoms with E-state index in [-0.39, 0.29) is 5.91 Å². The van der Waals surface area contributed by atoms with Crippen LogP contribution in [-0.4, -0.2) is 11.3 Å². The van der Waals surface area contributed by atoms with Crippen molar-refractivity contribution in [2.24, 2.45) is 0 Å². The first-order valence-corrected chi connectivity index (χ1v) is 8.90. The van der Waals surface area contributed by atoms with Crippen molar-refractivity contribution in [3.8, 4) is 6.07 Å². The van der Waals surface area contributed by atoms with Crippen molar-refractivity contribution in [3.05, 3.63) is 51.9 Å². The Balaban J connectivity index is 1.88. The number of nitrogens with zero attached hydrogens (tertiary/aromatic N) is 1. The summed E-state index contributed by atoms with van der Waals surface area (Å²) in [7, 11) is 0. The molecular formula is C18H17ClN2OS. The molecule has 0 fully saturated rings. The number of benzene rings is 1. The Morgan fingerprint density at radius 2 is 2.17 bits per heavy atom. The molecule has 0 unspecified atom stereocenters. The minimum Gasteiger partial charge on any atom is -0.315 e. The third kappa shape index (κ3) is 3.26. The second-order valence-electron chi connectivity index (χ2n) is 5.78. The van der Waals surface area contributed by atoms with E-state index in [1.165, 1.54) is 21.8 Å². The molecule has 2 atom stereocenters. The third-order valence-corrected chi connectivity index (χ3v) is 5.61. The number of amides is 1. The largest absolute Gasteiger partial charge is 0.315 e. The number of nitrogens with one attached hydrogen (secondary N) is 1. The van der Waals surface area contributed by atoms with Crippen LogP contribution in [0.1, 0.15) is 40.8 Å². The number of alkyl halides is 1. The van der Waals surface area contributed by atoms with E-state index < -0.39 is 5.38 Å². The highest BCUT2D eigenvalue weighted by Crippen LogP contribution is 2.42. The topological polar surface area (TPSA) is 52.9 Å². The number of halogens is 1. The fourth-order valence-corrected chi connectivity index (χ4v) is 4.35. The van der Waals surface area contributed by atoms with Crippen LogP contribution in [0.15, 0.2) is 30.3 Å². The van der Waals surface area contributed by atoms with E-state index in [1.807, 2.05) is 6.07 Å². The van der Waals surface area contributed by atoms with Crippen molar-refractivity contribution in [2.45, 2.75) is 37.5 Å². The highest BCUT2D eigenvalue weighted by Gasteiger charge is 2.27. The maximum atomic E-state index is 11.8. The molecule has 1 aliphatic rings. The summed E-state index contributed by atoms with van der Waals surface area (Å²) in [6.07, 6.45) is 2.83. The number of anilines is 1. The van der Waals surface area contributed by atoms with Gasteiger partial charge in [-0.05, 0) is 43.2 Å². The van der Waals surface area contributed by atoms with Gasteiger partial charge in [0.05, 0.1) is 5.56 Å². The molecule has 2 aromatic rings. The third-order valence-electron chi connectivity index (χ3n) is 4.25. The highest BCUT2D eigenvalue weighted by molar-refractivity contribution is 7.16. The molecule has 1 aliphatic carbocycles. The number of carbonyl (C=O) groups is 1. The predicted molar refractivity (Wildman–Crippen MR) is 94.2 cm³/mol. The predicted octanol–water partition coefficient (Wildman–Crippen LogP) is 4.46. The summed E-state index contributed by atoms with van der Waals surface area (Å²) < 4.78 is 0. The minimum atomic E-state index is -0.613. The summed E-state index contributed by atoms with van der Waals surface area (Å²) in [5.41, 5.74) is 3.05. The molecule has 118 valence electrons. The molecule has 5 heteroatoms. The molecule has 1 heterocycles. The van der Waals surface area contributed by atoms with E-state index in [0.717, 1.165) is 24.8 Å². The van der Waals surface area contributed by atoms with E-state index in [2.05, 4.69) is 35.7 Å². The molecule has 23 heavy (non-hydrogen) atoms. The summed E-state index contributed by atoms with van der Waals surface area (Å²) in [6.45, 7) is 1.63. The first-order chi connectivity index (χ1) is 11.1. The van der Waals surface area contributed by atoms with Gasteiger partial charge in [0, 0.05) is 4.88 Å². The molecule has 0 aliphatic heterocycles. The number of carbonyl (C=O) groups excluding carboxylic acids is 1. The Hall–Kier alpha value is -1.83. The minimum absolute atomic E-state index is 0.263. The van der Waals surface area contributed by atoms with Crippen LogP contribution < -0.4 is 5.32 Å². The number of fused-ring (bicyclic) bond motifs is 1. The Morgan fingerprint density at radius 3 is 2.83 bits per heavy atom. The summed E-state index contributed by atoms with van der Waals surface area (Å²) in [5.74, 6) is 0.214. The first-order valence-electron chi connectivity index (χ1n) is 7.64. The van der Waals surface area contributed by atoms with E-state index in [0.29, 0.717) is 16.5 Å². The van der Waals surface area contributed by atoms with Crippen molar-refractivity contribution in [1.29, 1.82) is 5.26 Å². The normalized spacial score (nSPS) is 17.9. The Bertz CT molecular complexity index is 761. The Labute approximate surface area is 144 Å². The van der Waals surface area contributed by atoms with Crippen molar-refractivity contribution in [3.63, 3.8) is 0 Å². The van der Waals surface area contributed by atoms with Crippen LogP contribution in [0.2, 0.25) is 0 Å². The van der Waals surface area contributed by atoms with Crippen LogP contribution in [-0.2, 0) is 17.6 Å². The molecule has 1 aromatic heterocycles. The van der Waals surface area contributed by atoms with Gasteiger partial charge in [0.15, 0.2) is 0 Å². The van der Waals surface area contributed by atoms with Crippen molar-refractivity contribution < 1.29 is 4.79 Å². The maximum absolute atomic E-state index is 11.8. The molecule has 3 rings (SSSR count). The van der Waals surface area contributed by atoms with Gasteiger partial charge in [-0.15, -0.1) is 22.9 Å². The van der Waals surface area contributed by atoms with Crippen LogP contribution in [0.5, 0.6) is 0 Å². The molecule has 0 bridgehead atoms. The molecule has 0 saturated heterocycles. The van der Waals surface area contributed by atoms with Gasteiger partial charge in [0.2, 0.25) is 5.91 Å². The van der Waals surface area contributed by atoms with Crippen LogP contribution in [0.3, 0.4) is 0 Å². The molecular weight excluding hydrogens is 328 g/mol. The molecule has 1 N–H and O–H groups in total. The second kappa shape index (κ2) is 6.74. The SMILES string of the molecule is C[C@@H](Cl)C(=O)Nc1sc2c(c1C#N)CC[C@H](c1ccccc1)C2. The van der Waals surface area contributed by atoms with E-state index in [4.69, 9.17) is 11.6 Å². The lowest BCUT2D eigenvalue weighted by Crippen LogP contribution is -2.20. The fourth-order valence-electron chi connectivity index (χ4n) is 3.01. The Morgan fingerprint density at radius 1 is 1.43 bits per heavy atom. The van der Waals surface area contributed by atoms with E-state index in [9.17, 15) is 10.1 Å². The fraction of sp³-hybridized carbons (Fsp3) is 0.333. The molecule has 0 spiro atoms. The zero-order chi connectivity index (χ0) is 16.4. The van der Waals surface area contributed by atoms with Gasteiger partial charge in [0.1, 0.15) is 16.4 Å². The number of rotatable bonds is 3. The van der Waals surface area contributed by atoms with Gasteiger partial charge < -0.3 is 5.32 Å². The van der Waals surface area contributed by atoms with Gasteiger partial charge in [-0.1, -0.05) is 30.3 Å². The lowest BCUT2D eigenvalue weighted by atomic mass is 9.83. The smallest absolute Gasteiger partial charge is 0.242 e. The van der Waals surface area contributed by atoms with Crippen LogP contribution in [0.25, 0.3) is 0 Å². The van der Waals surface area contributed by atoms with Crippen molar-refractivity contribution >= 4 is 33.8 Å². The number of hydrogen-bond acceptors (Lipinski definition) is 3.